The number of alkyl halides is 3. The van der Waals surface area contributed by atoms with Gasteiger partial charge in [-0.3, -0.25) is 14.4 Å². The zero-order valence-corrected chi connectivity index (χ0v) is 18.1. The smallest absolute Gasteiger partial charge is 0.414 e. The van der Waals surface area contributed by atoms with E-state index in [1.54, 1.807) is 36.9 Å². The van der Waals surface area contributed by atoms with Crippen molar-refractivity contribution in [3.8, 4) is 11.1 Å². The first-order chi connectivity index (χ1) is 15.0. The fourth-order valence-electron chi connectivity index (χ4n) is 3.89. The van der Waals surface area contributed by atoms with Gasteiger partial charge in [-0.2, -0.15) is 18.3 Å². The number of fused-ring (bicyclic) bond motifs is 1. The summed E-state index contributed by atoms with van der Waals surface area (Å²) in [6.45, 7) is 4.45. The molecule has 2 amide bonds. The molecule has 172 valence electrons. The first kappa shape index (κ1) is 22.2. The van der Waals surface area contributed by atoms with E-state index < -0.39 is 18.8 Å². The number of ether oxygens (including phenoxy) is 1. The van der Waals surface area contributed by atoms with Crippen LogP contribution in [0.1, 0.15) is 33.6 Å². The van der Waals surface area contributed by atoms with Crippen LogP contribution in [0.3, 0.4) is 0 Å². The Bertz CT molecular complexity index is 1030. The van der Waals surface area contributed by atoms with Gasteiger partial charge in [-0.05, 0) is 51.3 Å². The first-order valence-corrected chi connectivity index (χ1v) is 10.6. The number of anilines is 2. The molecule has 1 saturated carbocycles. The molecule has 1 atom stereocenters. The molecule has 1 fully saturated rings. The van der Waals surface area contributed by atoms with Crippen LogP contribution in [0.2, 0.25) is 0 Å². The molecule has 0 radical (unpaired) electrons. The standard InChI is InChI=1S/C22H25F3N4O3/c1-13(2)32-21(31)28-10-14(3)29(20(30)15-4-5-15)18-7-6-16(8-19(18)28)17-9-26-27(11-17)12-22(23,24)25/h6-9,11,13-15H,4-5,10,12H2,1-3H3. The number of halogens is 3. The largest absolute Gasteiger partial charge is 0.446 e. The van der Waals surface area contributed by atoms with Crippen LogP contribution in [0.5, 0.6) is 0 Å². The van der Waals surface area contributed by atoms with Crippen molar-refractivity contribution in [2.45, 2.75) is 58.5 Å². The molecular formula is C22H25F3N4O3. The van der Waals surface area contributed by atoms with Gasteiger partial charge in [0.05, 0.1) is 29.7 Å². The van der Waals surface area contributed by atoms with Crippen LogP contribution < -0.4 is 9.80 Å². The van der Waals surface area contributed by atoms with Crippen molar-refractivity contribution in [1.82, 2.24) is 9.78 Å². The van der Waals surface area contributed by atoms with Crippen molar-refractivity contribution in [2.24, 2.45) is 5.92 Å². The Morgan fingerprint density at radius 1 is 1.19 bits per heavy atom. The van der Waals surface area contributed by atoms with Crippen molar-refractivity contribution < 1.29 is 27.5 Å². The van der Waals surface area contributed by atoms with Gasteiger partial charge in [0.1, 0.15) is 6.54 Å². The molecule has 7 nitrogen and oxygen atoms in total. The molecule has 1 aliphatic carbocycles. The number of carbonyl (C=O) groups is 2. The maximum atomic E-state index is 13.0. The molecule has 0 spiro atoms. The van der Waals surface area contributed by atoms with Crippen LogP contribution in [0.4, 0.5) is 29.3 Å². The molecule has 0 saturated heterocycles. The summed E-state index contributed by atoms with van der Waals surface area (Å²) >= 11 is 0. The number of hydrogen-bond acceptors (Lipinski definition) is 4. The summed E-state index contributed by atoms with van der Waals surface area (Å²) in [5, 5.41) is 3.80. The third kappa shape index (κ3) is 4.58. The van der Waals surface area contributed by atoms with Gasteiger partial charge >= 0.3 is 12.3 Å². The van der Waals surface area contributed by atoms with E-state index in [1.807, 2.05) is 6.92 Å². The Morgan fingerprint density at radius 2 is 1.91 bits per heavy atom. The second-order valence-electron chi connectivity index (χ2n) is 8.62. The van der Waals surface area contributed by atoms with E-state index in [9.17, 15) is 22.8 Å². The highest BCUT2D eigenvalue weighted by Crippen LogP contribution is 2.42. The van der Waals surface area contributed by atoms with Gasteiger partial charge in [0.15, 0.2) is 0 Å². The molecule has 2 aliphatic rings. The second-order valence-corrected chi connectivity index (χ2v) is 8.62. The third-order valence-electron chi connectivity index (χ3n) is 5.44. The number of hydrogen-bond donors (Lipinski definition) is 0. The predicted octanol–water partition coefficient (Wildman–Crippen LogP) is 4.61. The van der Waals surface area contributed by atoms with Crippen molar-refractivity contribution >= 4 is 23.4 Å². The lowest BCUT2D eigenvalue weighted by atomic mass is 10.0. The van der Waals surface area contributed by atoms with E-state index in [0.29, 0.717) is 22.5 Å². The zero-order chi connectivity index (χ0) is 23.2. The lowest BCUT2D eigenvalue weighted by Crippen LogP contribution is -2.52. The van der Waals surface area contributed by atoms with Crippen LogP contribution in [0.15, 0.2) is 30.6 Å². The topological polar surface area (TPSA) is 67.7 Å². The summed E-state index contributed by atoms with van der Waals surface area (Å²) in [7, 11) is 0. The summed E-state index contributed by atoms with van der Waals surface area (Å²) < 4.78 is 44.3. The number of benzene rings is 1. The van der Waals surface area contributed by atoms with Crippen LogP contribution in [-0.2, 0) is 16.1 Å². The summed E-state index contributed by atoms with van der Waals surface area (Å²) in [5.41, 5.74) is 2.15. The quantitative estimate of drug-likeness (QED) is 0.682. The first-order valence-electron chi connectivity index (χ1n) is 10.6. The van der Waals surface area contributed by atoms with Crippen molar-refractivity contribution in [2.75, 3.05) is 16.3 Å². The van der Waals surface area contributed by atoms with Gasteiger partial charge in [-0.15, -0.1) is 0 Å². The van der Waals surface area contributed by atoms with E-state index in [1.165, 1.54) is 17.3 Å². The molecule has 1 aliphatic heterocycles. The summed E-state index contributed by atoms with van der Waals surface area (Å²) in [6.07, 6.45) is -0.864. The molecule has 32 heavy (non-hydrogen) atoms. The monoisotopic (exact) mass is 450 g/mol. The van der Waals surface area contributed by atoms with E-state index in [4.69, 9.17) is 4.74 Å². The normalized spacial score (nSPS) is 18.7. The number of amides is 2. The molecule has 0 bridgehead atoms. The van der Waals surface area contributed by atoms with Crippen LogP contribution in [0.25, 0.3) is 11.1 Å². The van der Waals surface area contributed by atoms with E-state index >= 15 is 0 Å². The lowest BCUT2D eigenvalue weighted by molar-refractivity contribution is -0.142. The molecule has 1 aromatic heterocycles. The number of aromatic nitrogens is 2. The molecule has 10 heteroatoms. The fourth-order valence-corrected chi connectivity index (χ4v) is 3.89. The van der Waals surface area contributed by atoms with E-state index in [-0.39, 0.29) is 30.5 Å². The molecule has 0 N–H and O–H groups in total. The maximum absolute atomic E-state index is 13.0. The zero-order valence-electron chi connectivity index (χ0n) is 18.1. The molecule has 4 rings (SSSR count). The van der Waals surface area contributed by atoms with Gasteiger partial charge in [0.2, 0.25) is 5.91 Å². The highest BCUT2D eigenvalue weighted by Gasteiger charge is 2.41. The molecule has 1 aromatic carbocycles. The van der Waals surface area contributed by atoms with Gasteiger partial charge in [-0.1, -0.05) is 6.07 Å². The predicted molar refractivity (Wildman–Crippen MR) is 112 cm³/mol. The Balaban J connectivity index is 1.72. The van der Waals surface area contributed by atoms with Crippen molar-refractivity contribution in [3.05, 3.63) is 30.6 Å². The minimum atomic E-state index is -4.38. The van der Waals surface area contributed by atoms with Crippen molar-refractivity contribution in [1.29, 1.82) is 0 Å². The van der Waals surface area contributed by atoms with Gasteiger partial charge in [0.25, 0.3) is 0 Å². The summed E-state index contributed by atoms with van der Waals surface area (Å²) in [5.74, 6) is 0.0288. The Morgan fingerprint density at radius 3 is 2.53 bits per heavy atom. The molecule has 2 heterocycles. The van der Waals surface area contributed by atoms with Gasteiger partial charge < -0.3 is 9.64 Å². The van der Waals surface area contributed by atoms with E-state index in [2.05, 4.69) is 5.10 Å². The van der Waals surface area contributed by atoms with Crippen LogP contribution in [0, 0.1) is 5.92 Å². The van der Waals surface area contributed by atoms with Crippen LogP contribution >= 0.6 is 0 Å². The van der Waals surface area contributed by atoms with Crippen LogP contribution in [-0.4, -0.2) is 46.6 Å². The maximum Gasteiger partial charge on any atom is 0.414 e. The molecule has 1 unspecified atom stereocenters. The highest BCUT2D eigenvalue weighted by molar-refractivity contribution is 6.05. The van der Waals surface area contributed by atoms with Gasteiger partial charge in [-0.25, -0.2) is 4.79 Å². The second kappa shape index (κ2) is 8.14. The third-order valence-corrected chi connectivity index (χ3v) is 5.44. The summed E-state index contributed by atoms with van der Waals surface area (Å²) in [4.78, 5) is 29.0. The number of rotatable bonds is 4. The average molecular weight is 450 g/mol. The van der Waals surface area contributed by atoms with Gasteiger partial charge in [0, 0.05) is 24.2 Å². The Kier molecular flexibility index (Phi) is 5.64. The van der Waals surface area contributed by atoms with Crippen molar-refractivity contribution in [3.63, 3.8) is 0 Å². The minimum absolute atomic E-state index is 0.000238. The fraction of sp³-hybridized carbons (Fsp3) is 0.500. The average Bonchev–Trinajstić information content (AvgIpc) is 3.45. The minimum Gasteiger partial charge on any atom is -0.446 e. The Labute approximate surface area is 183 Å². The number of nitrogens with zero attached hydrogens (tertiary/aromatic N) is 4. The summed E-state index contributed by atoms with van der Waals surface area (Å²) in [6, 6.07) is 4.92. The SMILES string of the molecule is CC(C)OC(=O)N1CC(C)N(C(=O)C2CC2)c2ccc(-c3cnn(CC(F)(F)F)c3)cc21. The lowest BCUT2D eigenvalue weighted by Gasteiger charge is -2.41. The Hall–Kier alpha value is -3.04. The number of carbonyl (C=O) groups excluding carboxylic acids is 2. The van der Waals surface area contributed by atoms with E-state index in [0.717, 1.165) is 17.5 Å². The highest BCUT2D eigenvalue weighted by atomic mass is 19.4. The molecular weight excluding hydrogens is 425 g/mol. The molecule has 2 aromatic rings.